The molecule has 0 saturated heterocycles. The summed E-state index contributed by atoms with van der Waals surface area (Å²) in [6, 6.07) is 12.4. The fraction of sp³-hybridized carbons (Fsp3) is 0.381. The van der Waals surface area contributed by atoms with Crippen molar-refractivity contribution in [3.05, 3.63) is 59.4 Å². The molecule has 0 saturated carbocycles. The smallest absolute Gasteiger partial charge is 0.222 e. The molecule has 1 N–H and O–H groups in total. The summed E-state index contributed by atoms with van der Waals surface area (Å²) in [5.74, 6) is 0.513. The number of anilines is 1. The normalized spacial score (nSPS) is 15.8. The number of hydrogen-bond donors (Lipinski definition) is 1. The van der Waals surface area contributed by atoms with Crippen LogP contribution in [0.15, 0.2) is 42.5 Å². The fourth-order valence-corrected chi connectivity index (χ4v) is 3.20. The van der Waals surface area contributed by atoms with Crippen molar-refractivity contribution >= 4 is 11.6 Å². The fourth-order valence-electron chi connectivity index (χ4n) is 3.20. The Balaban J connectivity index is 1.79. The summed E-state index contributed by atoms with van der Waals surface area (Å²) >= 11 is 0. The van der Waals surface area contributed by atoms with E-state index >= 15 is 0 Å². The van der Waals surface area contributed by atoms with Gasteiger partial charge in [-0.2, -0.15) is 0 Å². The zero-order valence-corrected chi connectivity index (χ0v) is 15.7. The highest BCUT2D eigenvalue weighted by atomic mass is 19.1. The Morgan fingerprint density at radius 1 is 1.30 bits per heavy atom. The van der Waals surface area contributed by atoms with E-state index in [1.165, 1.54) is 12.1 Å². The number of hydrogen-bond acceptors (Lipinski definition) is 4. The molecule has 1 atom stereocenters. The average molecular weight is 372 g/mol. The first-order valence-electron chi connectivity index (χ1n) is 9.07. The van der Waals surface area contributed by atoms with E-state index in [1.54, 1.807) is 19.2 Å². The van der Waals surface area contributed by atoms with Gasteiger partial charge in [-0.05, 0) is 42.3 Å². The summed E-state index contributed by atoms with van der Waals surface area (Å²) in [5, 5.41) is 2.86. The quantitative estimate of drug-likeness (QED) is 0.759. The van der Waals surface area contributed by atoms with Gasteiger partial charge in [-0.3, -0.25) is 4.79 Å². The van der Waals surface area contributed by atoms with Gasteiger partial charge in [0.25, 0.3) is 0 Å². The molecule has 0 bridgehead atoms. The summed E-state index contributed by atoms with van der Waals surface area (Å²) in [4.78, 5) is 14.5. The number of nitrogens with zero attached hydrogens (tertiary/aromatic N) is 1. The molecular weight excluding hydrogens is 347 g/mol. The first-order valence-corrected chi connectivity index (χ1v) is 9.07. The molecule has 1 heterocycles. The van der Waals surface area contributed by atoms with Crippen LogP contribution in [-0.2, 0) is 16.1 Å². The van der Waals surface area contributed by atoms with Crippen molar-refractivity contribution in [1.29, 1.82) is 0 Å². The van der Waals surface area contributed by atoms with Crippen LogP contribution in [0.3, 0.4) is 0 Å². The van der Waals surface area contributed by atoms with Crippen LogP contribution in [-0.4, -0.2) is 38.8 Å². The van der Waals surface area contributed by atoms with Crippen LogP contribution in [0.25, 0.3) is 0 Å². The summed E-state index contributed by atoms with van der Waals surface area (Å²) in [5.41, 5.74) is 3.05. The Labute approximate surface area is 159 Å². The Kier molecular flexibility index (Phi) is 6.29. The molecule has 2 aromatic rings. The summed E-state index contributed by atoms with van der Waals surface area (Å²) in [6.07, 6.45) is 0.318. The monoisotopic (exact) mass is 372 g/mol. The molecule has 2 aromatic carbocycles. The second-order valence-corrected chi connectivity index (χ2v) is 6.74. The van der Waals surface area contributed by atoms with E-state index in [0.29, 0.717) is 32.7 Å². The highest BCUT2D eigenvalue weighted by Gasteiger charge is 2.29. The van der Waals surface area contributed by atoms with E-state index in [4.69, 9.17) is 9.47 Å². The maximum atomic E-state index is 13.2. The molecule has 0 unspecified atom stereocenters. The lowest BCUT2D eigenvalue weighted by atomic mass is 10.0. The minimum Gasteiger partial charge on any atom is -0.489 e. The molecule has 0 fully saturated rings. The van der Waals surface area contributed by atoms with Gasteiger partial charge in [-0.15, -0.1) is 0 Å². The number of benzene rings is 2. The third-order valence-electron chi connectivity index (χ3n) is 4.61. The maximum absolute atomic E-state index is 13.2. The standard InChI is InChI=1S/C21H25FN2O3/c1-15-3-8-19-20(11-15)27-14-18(12-21(25)23-9-10-26-2)24(19)13-16-4-6-17(22)7-5-16/h3-8,11,18H,9-10,12-14H2,1-2H3,(H,23,25)/t18-/m1/s1. The zero-order chi connectivity index (χ0) is 19.2. The number of rotatable bonds is 7. The Bertz CT molecular complexity index is 779. The summed E-state index contributed by atoms with van der Waals surface area (Å²) in [6.45, 7) is 3.99. The van der Waals surface area contributed by atoms with Gasteiger partial charge in [-0.25, -0.2) is 4.39 Å². The number of nitrogens with one attached hydrogen (secondary N) is 1. The molecule has 3 rings (SSSR count). The lowest BCUT2D eigenvalue weighted by Gasteiger charge is -2.38. The van der Waals surface area contributed by atoms with Crippen molar-refractivity contribution in [3.8, 4) is 5.75 Å². The molecule has 1 aliphatic rings. The number of carbonyl (C=O) groups is 1. The molecule has 5 nitrogen and oxygen atoms in total. The van der Waals surface area contributed by atoms with Crippen LogP contribution in [0.4, 0.5) is 10.1 Å². The van der Waals surface area contributed by atoms with Crippen molar-refractivity contribution in [2.45, 2.75) is 25.9 Å². The highest BCUT2D eigenvalue weighted by molar-refractivity contribution is 5.77. The average Bonchev–Trinajstić information content (AvgIpc) is 2.65. The molecule has 0 spiro atoms. The minimum atomic E-state index is -0.258. The molecule has 0 aromatic heterocycles. The van der Waals surface area contributed by atoms with Gasteiger partial charge in [-0.1, -0.05) is 18.2 Å². The molecule has 1 amide bonds. The van der Waals surface area contributed by atoms with Crippen LogP contribution in [0.2, 0.25) is 0 Å². The topological polar surface area (TPSA) is 50.8 Å². The summed E-state index contributed by atoms with van der Waals surface area (Å²) < 4.78 is 24.1. The van der Waals surface area contributed by atoms with E-state index in [1.807, 2.05) is 25.1 Å². The number of amides is 1. The third-order valence-corrected chi connectivity index (χ3v) is 4.61. The van der Waals surface area contributed by atoms with Crippen molar-refractivity contribution in [3.63, 3.8) is 0 Å². The second-order valence-electron chi connectivity index (χ2n) is 6.74. The Morgan fingerprint density at radius 2 is 2.07 bits per heavy atom. The van der Waals surface area contributed by atoms with E-state index in [0.717, 1.165) is 22.6 Å². The Hall–Kier alpha value is -2.60. The van der Waals surface area contributed by atoms with Gasteiger partial charge in [0.15, 0.2) is 0 Å². The predicted molar refractivity (Wildman–Crippen MR) is 103 cm³/mol. The van der Waals surface area contributed by atoms with Gasteiger partial charge >= 0.3 is 0 Å². The number of aryl methyl sites for hydroxylation is 1. The number of halogens is 1. The van der Waals surface area contributed by atoms with Gasteiger partial charge in [0.05, 0.1) is 24.8 Å². The van der Waals surface area contributed by atoms with Gasteiger partial charge in [0.2, 0.25) is 5.91 Å². The predicted octanol–water partition coefficient (Wildman–Crippen LogP) is 3.05. The van der Waals surface area contributed by atoms with Gasteiger partial charge in [0, 0.05) is 20.2 Å². The first-order chi connectivity index (χ1) is 13.1. The van der Waals surface area contributed by atoms with Crippen molar-refractivity contribution < 1.29 is 18.7 Å². The van der Waals surface area contributed by atoms with Gasteiger partial charge in [0.1, 0.15) is 18.2 Å². The lowest BCUT2D eigenvalue weighted by molar-refractivity contribution is -0.121. The molecule has 1 aliphatic heterocycles. The Morgan fingerprint density at radius 3 is 2.81 bits per heavy atom. The van der Waals surface area contributed by atoms with Crippen molar-refractivity contribution in [2.75, 3.05) is 31.8 Å². The number of methoxy groups -OCH3 is 1. The first kappa shape index (κ1) is 19.2. The second kappa shape index (κ2) is 8.86. The largest absolute Gasteiger partial charge is 0.489 e. The van der Waals surface area contributed by atoms with Crippen molar-refractivity contribution in [1.82, 2.24) is 5.32 Å². The van der Waals surface area contributed by atoms with Gasteiger partial charge < -0.3 is 19.7 Å². The van der Waals surface area contributed by atoms with Crippen LogP contribution < -0.4 is 15.0 Å². The molecule has 6 heteroatoms. The lowest BCUT2D eigenvalue weighted by Crippen LogP contribution is -2.45. The molecule has 144 valence electrons. The SMILES string of the molecule is COCCNC(=O)C[C@@H]1COc2cc(C)ccc2N1Cc1ccc(F)cc1. The summed E-state index contributed by atoms with van der Waals surface area (Å²) in [7, 11) is 1.60. The van der Waals surface area contributed by atoms with Crippen LogP contribution >= 0.6 is 0 Å². The minimum absolute atomic E-state index is 0.0414. The van der Waals surface area contributed by atoms with E-state index in [-0.39, 0.29) is 17.8 Å². The zero-order valence-electron chi connectivity index (χ0n) is 15.7. The van der Waals surface area contributed by atoms with Crippen LogP contribution in [0.1, 0.15) is 17.5 Å². The highest BCUT2D eigenvalue weighted by Crippen LogP contribution is 2.36. The maximum Gasteiger partial charge on any atom is 0.222 e. The molecular formula is C21H25FN2O3. The van der Waals surface area contributed by atoms with E-state index < -0.39 is 0 Å². The number of carbonyl (C=O) groups excluding carboxylic acids is 1. The molecule has 0 aliphatic carbocycles. The van der Waals surface area contributed by atoms with Crippen LogP contribution in [0, 0.1) is 12.7 Å². The number of ether oxygens (including phenoxy) is 2. The van der Waals surface area contributed by atoms with E-state index in [9.17, 15) is 9.18 Å². The molecule has 0 radical (unpaired) electrons. The van der Waals surface area contributed by atoms with Crippen molar-refractivity contribution in [2.24, 2.45) is 0 Å². The third kappa shape index (κ3) is 4.98. The van der Waals surface area contributed by atoms with E-state index in [2.05, 4.69) is 10.2 Å². The molecule has 27 heavy (non-hydrogen) atoms. The number of fused-ring (bicyclic) bond motifs is 1. The van der Waals surface area contributed by atoms with Crippen LogP contribution in [0.5, 0.6) is 5.75 Å².